The monoisotopic (exact) mass is 247 g/mol. The van der Waals surface area contributed by atoms with Gasteiger partial charge in [0, 0.05) is 18.6 Å². The summed E-state index contributed by atoms with van der Waals surface area (Å²) in [5.74, 6) is 2.04. The molecule has 0 saturated carbocycles. The first-order valence-corrected chi connectivity index (χ1v) is 5.46. The van der Waals surface area contributed by atoms with Crippen molar-refractivity contribution in [1.82, 2.24) is 0 Å². The summed E-state index contributed by atoms with van der Waals surface area (Å²) in [4.78, 5) is 21.5. The fourth-order valence-corrected chi connectivity index (χ4v) is 1.36. The van der Waals surface area contributed by atoms with Crippen LogP contribution >= 0.6 is 0 Å². The summed E-state index contributed by atoms with van der Waals surface area (Å²) in [6, 6.07) is 5.93. The third kappa shape index (κ3) is 4.66. The molecule has 1 rings (SSSR count). The van der Waals surface area contributed by atoms with E-state index in [1.807, 2.05) is 0 Å². The average molecular weight is 247 g/mol. The number of non-ortho nitro benzene ring substituents is 1. The Morgan fingerprint density at radius 2 is 2.28 bits per heavy atom. The number of nitrogens with zero attached hydrogens (tertiary/aromatic N) is 1. The standard InChI is InChI=1S/C13H13NO4/c1-2-3-4-8-18-13(15)10-11-6-5-7-12(9-11)14(16)17/h1,5-7,9H,3-4,8,10H2. The van der Waals surface area contributed by atoms with E-state index in [-0.39, 0.29) is 18.7 Å². The lowest BCUT2D eigenvalue weighted by Crippen LogP contribution is -2.09. The zero-order valence-electron chi connectivity index (χ0n) is 9.80. The largest absolute Gasteiger partial charge is 0.465 e. The van der Waals surface area contributed by atoms with Crippen molar-refractivity contribution in [2.24, 2.45) is 0 Å². The smallest absolute Gasteiger partial charge is 0.310 e. The molecule has 0 amide bonds. The molecule has 0 unspecified atom stereocenters. The number of terminal acetylenes is 1. The van der Waals surface area contributed by atoms with Gasteiger partial charge in [0.2, 0.25) is 0 Å². The van der Waals surface area contributed by atoms with Crippen LogP contribution in [0.25, 0.3) is 0 Å². The van der Waals surface area contributed by atoms with Crippen molar-refractivity contribution >= 4 is 11.7 Å². The number of benzene rings is 1. The molecule has 1 aromatic rings. The number of esters is 1. The van der Waals surface area contributed by atoms with Gasteiger partial charge in [0.15, 0.2) is 0 Å². The van der Waals surface area contributed by atoms with Crippen LogP contribution in [0.4, 0.5) is 5.69 Å². The second-order valence-corrected chi connectivity index (χ2v) is 3.63. The Morgan fingerprint density at radius 1 is 1.50 bits per heavy atom. The van der Waals surface area contributed by atoms with Crippen molar-refractivity contribution in [3.8, 4) is 12.3 Å². The highest BCUT2D eigenvalue weighted by Crippen LogP contribution is 2.13. The highest BCUT2D eigenvalue weighted by molar-refractivity contribution is 5.72. The first-order valence-electron chi connectivity index (χ1n) is 5.46. The van der Waals surface area contributed by atoms with Gasteiger partial charge in [-0.2, -0.15) is 0 Å². The van der Waals surface area contributed by atoms with Crippen LogP contribution in [0.5, 0.6) is 0 Å². The van der Waals surface area contributed by atoms with Crippen LogP contribution in [-0.2, 0) is 16.0 Å². The highest BCUT2D eigenvalue weighted by atomic mass is 16.6. The number of rotatable bonds is 6. The Morgan fingerprint density at radius 3 is 2.94 bits per heavy atom. The Bertz CT molecular complexity index is 476. The summed E-state index contributed by atoms with van der Waals surface area (Å²) in [5, 5.41) is 10.6. The van der Waals surface area contributed by atoms with Crippen molar-refractivity contribution in [3.05, 3.63) is 39.9 Å². The molecule has 0 N–H and O–H groups in total. The number of ether oxygens (including phenoxy) is 1. The molecule has 5 heteroatoms. The minimum Gasteiger partial charge on any atom is -0.465 e. The Labute approximate surface area is 105 Å². The Hall–Kier alpha value is -2.35. The van der Waals surface area contributed by atoms with Gasteiger partial charge in [-0.05, 0) is 12.0 Å². The topological polar surface area (TPSA) is 69.4 Å². The van der Waals surface area contributed by atoms with E-state index in [1.165, 1.54) is 12.1 Å². The van der Waals surface area contributed by atoms with Crippen LogP contribution in [0.15, 0.2) is 24.3 Å². The van der Waals surface area contributed by atoms with E-state index in [2.05, 4.69) is 5.92 Å². The molecule has 0 atom stereocenters. The number of unbranched alkanes of at least 4 members (excludes halogenated alkanes) is 1. The van der Waals surface area contributed by atoms with E-state index in [0.717, 1.165) is 0 Å². The lowest BCUT2D eigenvalue weighted by Gasteiger charge is -2.03. The SMILES string of the molecule is C#CCCCOC(=O)Cc1cccc([N+](=O)[O-])c1. The summed E-state index contributed by atoms with van der Waals surface area (Å²) >= 11 is 0. The molecule has 0 spiro atoms. The summed E-state index contributed by atoms with van der Waals surface area (Å²) in [5.41, 5.74) is 0.527. The summed E-state index contributed by atoms with van der Waals surface area (Å²) in [7, 11) is 0. The predicted octanol–water partition coefficient (Wildman–Crippen LogP) is 2.09. The normalized spacial score (nSPS) is 9.50. The molecule has 18 heavy (non-hydrogen) atoms. The maximum absolute atomic E-state index is 11.4. The number of nitro groups is 1. The van der Waals surface area contributed by atoms with E-state index in [4.69, 9.17) is 11.2 Å². The van der Waals surface area contributed by atoms with Gasteiger partial charge < -0.3 is 4.74 Å². The van der Waals surface area contributed by atoms with Gasteiger partial charge >= 0.3 is 5.97 Å². The molecule has 0 fully saturated rings. The van der Waals surface area contributed by atoms with Gasteiger partial charge in [-0.3, -0.25) is 14.9 Å². The molecule has 0 aliphatic rings. The fraction of sp³-hybridized carbons (Fsp3) is 0.308. The average Bonchev–Trinajstić information content (AvgIpc) is 2.35. The molecule has 1 aromatic carbocycles. The predicted molar refractivity (Wildman–Crippen MR) is 65.8 cm³/mol. The molecule has 0 saturated heterocycles. The number of carbonyl (C=O) groups excluding carboxylic acids is 1. The van der Waals surface area contributed by atoms with Crippen LogP contribution < -0.4 is 0 Å². The maximum atomic E-state index is 11.4. The lowest BCUT2D eigenvalue weighted by molar-refractivity contribution is -0.384. The van der Waals surface area contributed by atoms with E-state index in [9.17, 15) is 14.9 Å². The first kappa shape index (κ1) is 13.7. The van der Waals surface area contributed by atoms with Crippen LogP contribution in [0.2, 0.25) is 0 Å². The Kier molecular flexibility index (Phi) is 5.39. The molecule has 0 aromatic heterocycles. The van der Waals surface area contributed by atoms with E-state index in [1.54, 1.807) is 12.1 Å². The van der Waals surface area contributed by atoms with Gasteiger partial charge in [-0.25, -0.2) is 0 Å². The highest BCUT2D eigenvalue weighted by Gasteiger charge is 2.09. The molecule has 5 nitrogen and oxygen atoms in total. The van der Waals surface area contributed by atoms with Crippen molar-refractivity contribution in [2.75, 3.05) is 6.61 Å². The maximum Gasteiger partial charge on any atom is 0.310 e. The minimum absolute atomic E-state index is 0.0255. The zero-order valence-corrected chi connectivity index (χ0v) is 9.80. The fourth-order valence-electron chi connectivity index (χ4n) is 1.36. The van der Waals surface area contributed by atoms with Crippen LogP contribution in [0, 0.1) is 22.5 Å². The van der Waals surface area contributed by atoms with E-state index >= 15 is 0 Å². The van der Waals surface area contributed by atoms with Gasteiger partial charge in [-0.15, -0.1) is 12.3 Å². The van der Waals surface area contributed by atoms with Gasteiger partial charge in [0.05, 0.1) is 18.0 Å². The van der Waals surface area contributed by atoms with Crippen molar-refractivity contribution in [2.45, 2.75) is 19.3 Å². The van der Waals surface area contributed by atoms with E-state index < -0.39 is 10.9 Å². The summed E-state index contributed by atoms with van der Waals surface area (Å²) in [6.07, 6.45) is 6.27. The number of carbonyl (C=O) groups is 1. The second-order valence-electron chi connectivity index (χ2n) is 3.63. The number of nitro benzene ring substituents is 1. The second kappa shape index (κ2) is 7.07. The third-order valence-electron chi connectivity index (χ3n) is 2.20. The lowest BCUT2D eigenvalue weighted by atomic mass is 10.1. The Balaban J connectivity index is 2.47. The van der Waals surface area contributed by atoms with Crippen LogP contribution in [0.1, 0.15) is 18.4 Å². The quantitative estimate of drug-likeness (QED) is 0.254. The molecule has 94 valence electrons. The number of hydrogen-bond donors (Lipinski definition) is 0. The van der Waals surface area contributed by atoms with Gasteiger partial charge in [0.25, 0.3) is 5.69 Å². The van der Waals surface area contributed by atoms with Gasteiger partial charge in [0.1, 0.15) is 0 Å². The molecular formula is C13H13NO4. The number of hydrogen-bond acceptors (Lipinski definition) is 4. The molecule has 0 aliphatic heterocycles. The molecule has 0 heterocycles. The van der Waals surface area contributed by atoms with E-state index in [0.29, 0.717) is 18.4 Å². The zero-order chi connectivity index (χ0) is 13.4. The first-order chi connectivity index (χ1) is 8.63. The molecule has 0 radical (unpaired) electrons. The van der Waals surface area contributed by atoms with Gasteiger partial charge in [-0.1, -0.05) is 12.1 Å². The molecule has 0 bridgehead atoms. The molecular weight excluding hydrogens is 234 g/mol. The van der Waals surface area contributed by atoms with Crippen molar-refractivity contribution in [1.29, 1.82) is 0 Å². The van der Waals surface area contributed by atoms with Crippen LogP contribution in [0.3, 0.4) is 0 Å². The van der Waals surface area contributed by atoms with Crippen molar-refractivity contribution < 1.29 is 14.5 Å². The third-order valence-corrected chi connectivity index (χ3v) is 2.20. The summed E-state index contributed by atoms with van der Waals surface area (Å²) < 4.78 is 4.94. The van der Waals surface area contributed by atoms with Crippen molar-refractivity contribution in [3.63, 3.8) is 0 Å². The van der Waals surface area contributed by atoms with Crippen LogP contribution in [-0.4, -0.2) is 17.5 Å². The summed E-state index contributed by atoms with van der Waals surface area (Å²) in [6.45, 7) is 0.276. The minimum atomic E-state index is -0.498. The molecule has 0 aliphatic carbocycles.